The summed E-state index contributed by atoms with van der Waals surface area (Å²) in [6, 6.07) is 28.8. The highest BCUT2D eigenvalue weighted by Crippen LogP contribution is 2.34. The third-order valence-electron chi connectivity index (χ3n) is 9.18. The smallest absolute Gasteiger partial charge is 0.246 e. The molecule has 0 spiro atoms. The molecule has 1 saturated heterocycles. The van der Waals surface area contributed by atoms with Crippen molar-refractivity contribution in [2.75, 3.05) is 26.2 Å². The van der Waals surface area contributed by atoms with Crippen molar-refractivity contribution in [3.8, 4) is 23.1 Å². The fourth-order valence-electron chi connectivity index (χ4n) is 6.12. The highest BCUT2D eigenvalue weighted by molar-refractivity contribution is 6.32. The number of halogens is 3. The van der Waals surface area contributed by atoms with E-state index in [0.29, 0.717) is 67.3 Å². The van der Waals surface area contributed by atoms with Crippen LogP contribution in [0.25, 0.3) is 6.08 Å². The van der Waals surface area contributed by atoms with Gasteiger partial charge in [0.05, 0.1) is 11.2 Å². The number of carbonyl (C=O) groups excluding carboxylic acids is 1. The number of benzene rings is 4. The molecular formula is C44H46Cl2FN3O4. The number of piperazine rings is 1. The molecule has 1 aliphatic rings. The Bertz CT molecular complexity index is 1990. The lowest BCUT2D eigenvalue weighted by Crippen LogP contribution is -2.47. The van der Waals surface area contributed by atoms with Crippen molar-refractivity contribution >= 4 is 36.0 Å². The highest BCUT2D eigenvalue weighted by atomic mass is 35.5. The second kappa shape index (κ2) is 19.4. The number of amides is 1. The van der Waals surface area contributed by atoms with Gasteiger partial charge in [0.25, 0.3) is 0 Å². The van der Waals surface area contributed by atoms with E-state index >= 15 is 0 Å². The van der Waals surface area contributed by atoms with Crippen LogP contribution < -0.4 is 14.2 Å². The molecule has 1 amide bonds. The van der Waals surface area contributed by atoms with Crippen molar-refractivity contribution in [3.05, 3.63) is 153 Å². The lowest BCUT2D eigenvalue weighted by atomic mass is 10.1. The van der Waals surface area contributed by atoms with Crippen molar-refractivity contribution in [1.29, 1.82) is 0 Å². The van der Waals surface area contributed by atoms with Gasteiger partial charge in [0, 0.05) is 50.4 Å². The number of carbonyl (C=O) groups is 1. The number of aryl methyl sites for hydroxylation is 3. The average Bonchev–Trinajstić information content (AvgIpc) is 3.16. The molecule has 5 aromatic rings. The van der Waals surface area contributed by atoms with Crippen molar-refractivity contribution < 1.29 is 23.4 Å². The summed E-state index contributed by atoms with van der Waals surface area (Å²) in [6.07, 6.45) is 7.09. The average molecular weight is 771 g/mol. The molecule has 0 saturated carbocycles. The van der Waals surface area contributed by atoms with E-state index in [1.807, 2.05) is 54.3 Å². The van der Waals surface area contributed by atoms with Gasteiger partial charge in [-0.25, -0.2) is 9.37 Å². The molecule has 10 heteroatoms. The van der Waals surface area contributed by atoms with Gasteiger partial charge in [-0.05, 0) is 90.6 Å². The van der Waals surface area contributed by atoms with Crippen molar-refractivity contribution in [1.82, 2.24) is 14.8 Å². The zero-order valence-corrected chi connectivity index (χ0v) is 32.5. The molecule has 7 nitrogen and oxygen atoms in total. The zero-order valence-electron chi connectivity index (χ0n) is 30.9. The molecule has 2 heterocycles. The van der Waals surface area contributed by atoms with E-state index in [-0.39, 0.29) is 30.7 Å². The minimum Gasteiger partial charge on any atom is -0.489 e. The van der Waals surface area contributed by atoms with Crippen LogP contribution >= 0.6 is 24.0 Å². The minimum atomic E-state index is -0.274. The van der Waals surface area contributed by atoms with Crippen LogP contribution in [0.3, 0.4) is 0 Å². The summed E-state index contributed by atoms with van der Waals surface area (Å²) in [7, 11) is 0. The Balaban J connectivity index is 0.00000561. The molecule has 282 valence electrons. The number of ether oxygens (including phenoxy) is 3. The fraction of sp³-hybridized carbons (Fsp3) is 0.273. The summed E-state index contributed by atoms with van der Waals surface area (Å²) in [5, 5.41) is 0.418. The Morgan fingerprint density at radius 2 is 1.52 bits per heavy atom. The molecule has 1 aliphatic heterocycles. The van der Waals surface area contributed by atoms with Crippen LogP contribution in [0.4, 0.5) is 4.39 Å². The molecule has 6 rings (SSSR count). The van der Waals surface area contributed by atoms with Crippen molar-refractivity contribution in [2.45, 2.75) is 53.4 Å². The minimum absolute atomic E-state index is 0. The van der Waals surface area contributed by atoms with Gasteiger partial charge in [-0.3, -0.25) is 9.69 Å². The Morgan fingerprint density at radius 3 is 2.19 bits per heavy atom. The maximum absolute atomic E-state index is 14.9. The van der Waals surface area contributed by atoms with Crippen LogP contribution in [0, 0.1) is 19.7 Å². The fourth-order valence-corrected chi connectivity index (χ4v) is 6.43. The zero-order chi connectivity index (χ0) is 37.2. The van der Waals surface area contributed by atoms with Crippen molar-refractivity contribution in [3.63, 3.8) is 0 Å². The van der Waals surface area contributed by atoms with Crippen LogP contribution in [0.2, 0.25) is 5.02 Å². The van der Waals surface area contributed by atoms with Gasteiger partial charge in [0.15, 0.2) is 5.75 Å². The molecule has 1 aromatic heterocycles. The summed E-state index contributed by atoms with van der Waals surface area (Å²) in [5.41, 5.74) is 6.57. The number of rotatable bonds is 14. The van der Waals surface area contributed by atoms with Gasteiger partial charge in [0.1, 0.15) is 30.5 Å². The van der Waals surface area contributed by atoms with E-state index in [1.54, 1.807) is 42.6 Å². The van der Waals surface area contributed by atoms with Crippen LogP contribution in [-0.2, 0) is 31.0 Å². The molecule has 4 aromatic carbocycles. The molecule has 0 N–H and O–H groups in total. The van der Waals surface area contributed by atoms with Crippen LogP contribution in [0.1, 0.15) is 52.3 Å². The Kier molecular flexibility index (Phi) is 14.5. The number of aromatic nitrogens is 1. The molecule has 0 unspecified atom stereocenters. The largest absolute Gasteiger partial charge is 0.489 e. The maximum atomic E-state index is 14.9. The van der Waals surface area contributed by atoms with Gasteiger partial charge >= 0.3 is 0 Å². The molecule has 0 aliphatic carbocycles. The van der Waals surface area contributed by atoms with E-state index in [4.69, 9.17) is 25.8 Å². The first-order valence-electron chi connectivity index (χ1n) is 18.0. The molecule has 1 fully saturated rings. The molecule has 0 radical (unpaired) electrons. The maximum Gasteiger partial charge on any atom is 0.246 e. The second-order valence-corrected chi connectivity index (χ2v) is 13.8. The van der Waals surface area contributed by atoms with Gasteiger partial charge in [-0.1, -0.05) is 79.0 Å². The van der Waals surface area contributed by atoms with E-state index in [0.717, 1.165) is 40.8 Å². The van der Waals surface area contributed by atoms with Crippen LogP contribution in [-0.4, -0.2) is 46.9 Å². The third kappa shape index (κ3) is 11.3. The number of hydrogen-bond acceptors (Lipinski definition) is 6. The Labute approximate surface area is 328 Å². The summed E-state index contributed by atoms with van der Waals surface area (Å²) in [5.74, 6) is 1.93. The van der Waals surface area contributed by atoms with Crippen LogP contribution in [0.5, 0.6) is 23.1 Å². The normalized spacial score (nSPS) is 13.1. The molecule has 54 heavy (non-hydrogen) atoms. The van der Waals surface area contributed by atoms with Gasteiger partial charge in [0.2, 0.25) is 11.8 Å². The van der Waals surface area contributed by atoms with Crippen molar-refractivity contribution in [2.24, 2.45) is 0 Å². The molecule has 0 atom stereocenters. The van der Waals surface area contributed by atoms with E-state index in [9.17, 15) is 9.18 Å². The topological polar surface area (TPSA) is 64.1 Å². The SMILES string of the molecule is CCCc1ccc(OCc2ccc(CN3CCN(C(=O)C=Cc4cc(C)c(Oc5ccc(OCc6ccc(C)cc6)cn5)c(Cl)c4)CC3)cc2F)cc1.Cl. The molecule has 0 bridgehead atoms. The van der Waals surface area contributed by atoms with E-state index in [2.05, 4.69) is 48.0 Å². The van der Waals surface area contributed by atoms with Gasteiger partial charge in [-0.2, -0.15) is 0 Å². The Hall–Kier alpha value is -4.89. The first-order valence-corrected chi connectivity index (χ1v) is 18.4. The van der Waals surface area contributed by atoms with Crippen LogP contribution in [0.15, 0.2) is 103 Å². The number of hydrogen-bond donors (Lipinski definition) is 0. The summed E-state index contributed by atoms with van der Waals surface area (Å²) in [6.45, 7) is 9.92. The summed E-state index contributed by atoms with van der Waals surface area (Å²) < 4.78 is 32.6. The van der Waals surface area contributed by atoms with Gasteiger partial charge in [-0.15, -0.1) is 12.4 Å². The second-order valence-electron chi connectivity index (χ2n) is 13.4. The first kappa shape index (κ1) is 40.3. The van der Waals surface area contributed by atoms with E-state index in [1.165, 1.54) is 11.1 Å². The quantitative estimate of drug-likeness (QED) is 0.105. The highest BCUT2D eigenvalue weighted by Gasteiger charge is 2.20. The number of pyridine rings is 1. The van der Waals surface area contributed by atoms with Gasteiger partial charge < -0.3 is 19.1 Å². The standard InChI is InChI=1S/C44H45ClFN3O4.ClH/c1-4-5-33-11-15-38(16-12-33)52-30-37-14-10-36(26-41(37)46)28-48-20-22-49(23-21-48)43(50)19-13-35-24-32(3)44(40(45)25-35)53-42-18-17-39(27-47-42)51-29-34-8-6-31(2)7-9-34;/h6-19,24-27H,4-5,20-23,28-30H2,1-3H3;1H. The molecular weight excluding hydrogens is 724 g/mol. The summed E-state index contributed by atoms with van der Waals surface area (Å²) >= 11 is 6.62. The lowest BCUT2D eigenvalue weighted by molar-refractivity contribution is -0.127. The predicted molar refractivity (Wildman–Crippen MR) is 215 cm³/mol. The van der Waals surface area contributed by atoms with E-state index < -0.39 is 0 Å². The Morgan fingerprint density at radius 1 is 0.833 bits per heavy atom. The summed E-state index contributed by atoms with van der Waals surface area (Å²) in [4.78, 5) is 21.5. The predicted octanol–water partition coefficient (Wildman–Crippen LogP) is 10.2. The monoisotopic (exact) mass is 769 g/mol. The number of nitrogens with zero attached hydrogens (tertiary/aromatic N) is 3. The first-order chi connectivity index (χ1) is 25.7. The third-order valence-corrected chi connectivity index (χ3v) is 9.46. The lowest BCUT2D eigenvalue weighted by Gasteiger charge is -2.34.